The van der Waals surface area contributed by atoms with Gasteiger partial charge in [0, 0.05) is 11.0 Å². The van der Waals surface area contributed by atoms with E-state index in [9.17, 15) is 9.18 Å². The molecule has 154 valence electrons. The van der Waals surface area contributed by atoms with Crippen LogP contribution in [-0.2, 0) is 10.5 Å². The third kappa shape index (κ3) is 3.71. The molecule has 31 heavy (non-hydrogen) atoms. The smallest absolute Gasteiger partial charge is 0.276 e. The lowest BCUT2D eigenvalue weighted by Gasteiger charge is -2.34. The van der Waals surface area contributed by atoms with Gasteiger partial charge in [-0.05, 0) is 23.8 Å². The number of amidine groups is 1. The highest BCUT2D eigenvalue weighted by molar-refractivity contribution is 8.13. The average Bonchev–Trinajstić information content (AvgIpc) is 2.78. The molecule has 2 aliphatic rings. The number of fused-ring (bicyclic) bond motifs is 2. The first-order valence-corrected chi connectivity index (χ1v) is 10.9. The van der Waals surface area contributed by atoms with E-state index in [0.29, 0.717) is 27.2 Å². The van der Waals surface area contributed by atoms with Gasteiger partial charge in [0.15, 0.2) is 11.3 Å². The first-order valence-electron chi connectivity index (χ1n) is 9.59. The second-order valence-electron chi connectivity index (χ2n) is 6.98. The number of amides is 1. The molecular formula is C23H16ClFN4OS. The van der Waals surface area contributed by atoms with Gasteiger partial charge in [0.1, 0.15) is 11.5 Å². The maximum absolute atomic E-state index is 14.8. The van der Waals surface area contributed by atoms with Gasteiger partial charge in [0.25, 0.3) is 5.91 Å². The molecule has 1 unspecified atom stereocenters. The number of carbonyl (C=O) groups is 1. The van der Waals surface area contributed by atoms with Gasteiger partial charge in [-0.1, -0.05) is 78.0 Å². The normalized spacial score (nSPS) is 17.3. The molecule has 1 atom stereocenters. The number of thioether (sulfide) groups is 1. The zero-order valence-corrected chi connectivity index (χ0v) is 17.7. The summed E-state index contributed by atoms with van der Waals surface area (Å²) in [6.45, 7) is 0. The monoisotopic (exact) mass is 450 g/mol. The van der Waals surface area contributed by atoms with Gasteiger partial charge in [0.2, 0.25) is 0 Å². The zero-order valence-electron chi connectivity index (χ0n) is 16.1. The Morgan fingerprint density at radius 1 is 1.03 bits per heavy atom. The molecule has 1 N–H and O–H groups in total. The van der Waals surface area contributed by atoms with Crippen LogP contribution in [0, 0.1) is 5.82 Å². The van der Waals surface area contributed by atoms with E-state index in [0.717, 1.165) is 5.56 Å². The van der Waals surface area contributed by atoms with E-state index in [-0.39, 0.29) is 16.5 Å². The molecule has 2 aliphatic heterocycles. The second-order valence-corrected chi connectivity index (χ2v) is 8.35. The third-order valence-electron chi connectivity index (χ3n) is 4.99. The van der Waals surface area contributed by atoms with Gasteiger partial charge < -0.3 is 0 Å². The molecule has 8 heteroatoms. The van der Waals surface area contributed by atoms with Crippen molar-refractivity contribution in [2.24, 2.45) is 10.1 Å². The fourth-order valence-electron chi connectivity index (χ4n) is 3.56. The molecule has 0 saturated heterocycles. The minimum atomic E-state index is -0.892. The van der Waals surface area contributed by atoms with E-state index in [4.69, 9.17) is 16.6 Å². The van der Waals surface area contributed by atoms with Crippen LogP contribution in [0.1, 0.15) is 17.3 Å². The summed E-state index contributed by atoms with van der Waals surface area (Å²) >= 11 is 7.74. The Labute approximate surface area is 186 Å². The number of hydrogen-bond acceptors (Lipinski definition) is 5. The van der Waals surface area contributed by atoms with Gasteiger partial charge in [-0.2, -0.15) is 0 Å². The van der Waals surface area contributed by atoms with E-state index in [1.807, 2.05) is 42.5 Å². The maximum atomic E-state index is 14.8. The molecule has 0 saturated carbocycles. The molecule has 1 amide bonds. The number of hydrazone groups is 1. The van der Waals surface area contributed by atoms with E-state index in [1.165, 1.54) is 28.9 Å². The number of para-hydroxylation sites is 1. The van der Waals surface area contributed by atoms with E-state index in [2.05, 4.69) is 10.4 Å². The van der Waals surface area contributed by atoms with Crippen LogP contribution >= 0.6 is 23.4 Å². The highest BCUT2D eigenvalue weighted by Crippen LogP contribution is 2.36. The number of halogens is 2. The van der Waals surface area contributed by atoms with E-state index >= 15 is 0 Å². The predicted octanol–water partition coefficient (Wildman–Crippen LogP) is 3.56. The highest BCUT2D eigenvalue weighted by atomic mass is 35.5. The number of hydrogen-bond donors (Lipinski definition) is 1. The van der Waals surface area contributed by atoms with Crippen molar-refractivity contribution in [2.45, 2.75) is 11.9 Å². The molecule has 0 bridgehead atoms. The minimum absolute atomic E-state index is 0.182. The summed E-state index contributed by atoms with van der Waals surface area (Å²) in [7, 11) is 0. The second kappa shape index (κ2) is 8.17. The lowest BCUT2D eigenvalue weighted by Crippen LogP contribution is -2.50. The van der Waals surface area contributed by atoms with Crippen LogP contribution in [0.5, 0.6) is 0 Å². The van der Waals surface area contributed by atoms with Crippen LogP contribution in [0.2, 0.25) is 5.02 Å². The molecule has 0 fully saturated rings. The standard InChI is InChI=1S/C23H16ClFN4OS/c24-16-10-6-11-17(25)19(16)21-26-18-12-5-4-9-15(18)20-22(30)27-23(28-29(20)21)31-13-14-7-2-1-3-8-14/h1-12,21H,13H2,(H,27,28,30). The van der Waals surface area contributed by atoms with Crippen molar-refractivity contribution in [2.75, 3.05) is 0 Å². The topological polar surface area (TPSA) is 57.1 Å². The zero-order chi connectivity index (χ0) is 21.4. The largest absolute Gasteiger partial charge is 0.298 e. The first-order chi connectivity index (χ1) is 15.1. The van der Waals surface area contributed by atoms with Crippen LogP contribution < -0.4 is 15.9 Å². The van der Waals surface area contributed by atoms with Crippen molar-refractivity contribution in [1.29, 1.82) is 0 Å². The van der Waals surface area contributed by atoms with Gasteiger partial charge in [0.05, 0.1) is 15.9 Å². The molecule has 3 aromatic rings. The number of nitrogens with one attached hydrogen (secondary N) is 1. The predicted molar refractivity (Wildman–Crippen MR) is 120 cm³/mol. The van der Waals surface area contributed by atoms with Crippen LogP contribution in [-0.4, -0.2) is 16.1 Å². The molecule has 2 heterocycles. The summed E-state index contributed by atoms with van der Waals surface area (Å²) in [6, 6.07) is 21.6. The Morgan fingerprint density at radius 3 is 2.61 bits per heavy atom. The van der Waals surface area contributed by atoms with E-state index in [1.54, 1.807) is 18.2 Å². The van der Waals surface area contributed by atoms with Gasteiger partial charge in [-0.3, -0.25) is 15.1 Å². The fourth-order valence-corrected chi connectivity index (χ4v) is 4.63. The maximum Gasteiger partial charge on any atom is 0.276 e. The SMILES string of the molecule is O=C1NC(SCc2ccccc2)=NN2C1=c1ccccc1=NC2c1c(F)cccc1Cl. The van der Waals surface area contributed by atoms with Crippen LogP contribution in [0.4, 0.5) is 4.39 Å². The summed E-state index contributed by atoms with van der Waals surface area (Å²) < 4.78 is 14.8. The van der Waals surface area contributed by atoms with Gasteiger partial charge in [-0.25, -0.2) is 9.40 Å². The van der Waals surface area contributed by atoms with E-state index < -0.39 is 12.0 Å². The molecular weight excluding hydrogens is 435 g/mol. The Bertz CT molecular complexity index is 1310. The molecule has 3 aromatic carbocycles. The molecule has 5 nitrogen and oxygen atoms in total. The quantitative estimate of drug-likeness (QED) is 0.664. The summed E-state index contributed by atoms with van der Waals surface area (Å²) in [4.78, 5) is 17.8. The van der Waals surface area contributed by atoms with Gasteiger partial charge in [-0.15, -0.1) is 5.10 Å². The van der Waals surface area contributed by atoms with Crippen molar-refractivity contribution < 1.29 is 9.18 Å². The first kappa shape index (κ1) is 19.8. The number of nitrogens with zero attached hydrogens (tertiary/aromatic N) is 3. The van der Waals surface area contributed by atoms with Crippen molar-refractivity contribution in [3.63, 3.8) is 0 Å². The lowest BCUT2D eigenvalue weighted by molar-refractivity contribution is -0.116. The summed E-state index contributed by atoms with van der Waals surface area (Å²) in [5.74, 6) is -0.188. The summed E-state index contributed by atoms with van der Waals surface area (Å²) in [6.07, 6.45) is -0.892. The van der Waals surface area contributed by atoms with Crippen molar-refractivity contribution in [3.05, 3.63) is 105 Å². The number of carbonyl (C=O) groups excluding carboxylic acids is 1. The van der Waals surface area contributed by atoms with Crippen molar-refractivity contribution in [1.82, 2.24) is 10.3 Å². The minimum Gasteiger partial charge on any atom is -0.298 e. The van der Waals surface area contributed by atoms with Crippen molar-refractivity contribution >= 4 is 40.1 Å². The third-order valence-corrected chi connectivity index (χ3v) is 6.26. The molecule has 0 aromatic heterocycles. The Balaban J connectivity index is 1.62. The Hall–Kier alpha value is -3.16. The fraction of sp³-hybridized carbons (Fsp3) is 0.0870. The average molecular weight is 451 g/mol. The highest BCUT2D eigenvalue weighted by Gasteiger charge is 2.36. The van der Waals surface area contributed by atoms with Crippen molar-refractivity contribution in [3.8, 4) is 0 Å². The van der Waals surface area contributed by atoms with Crippen LogP contribution in [0.3, 0.4) is 0 Å². The molecule has 5 rings (SSSR count). The van der Waals surface area contributed by atoms with Gasteiger partial charge >= 0.3 is 0 Å². The Kier molecular flexibility index (Phi) is 5.21. The summed E-state index contributed by atoms with van der Waals surface area (Å²) in [5, 5.41) is 10.8. The number of benzene rings is 3. The number of rotatable bonds is 3. The van der Waals surface area contributed by atoms with Crippen LogP contribution in [0.15, 0.2) is 82.9 Å². The summed E-state index contributed by atoms with van der Waals surface area (Å²) in [5.41, 5.74) is 1.60. The molecule has 0 radical (unpaired) electrons. The molecule has 0 aliphatic carbocycles. The Morgan fingerprint density at radius 2 is 1.81 bits per heavy atom. The van der Waals surface area contributed by atoms with Crippen LogP contribution in [0.25, 0.3) is 5.70 Å². The molecule has 0 spiro atoms. The lowest BCUT2D eigenvalue weighted by atomic mass is 10.1.